The van der Waals surface area contributed by atoms with Crippen molar-refractivity contribution in [1.29, 1.82) is 0 Å². The molecule has 1 aromatic carbocycles. The van der Waals surface area contributed by atoms with Crippen molar-refractivity contribution in [3.63, 3.8) is 0 Å². The van der Waals surface area contributed by atoms with Crippen LogP contribution in [-0.4, -0.2) is 17.7 Å². The molecule has 0 bridgehead atoms. The van der Waals surface area contributed by atoms with E-state index in [2.05, 4.69) is 26.0 Å². The second-order valence-electron chi connectivity index (χ2n) is 7.28. The highest BCUT2D eigenvalue weighted by atomic mass is 79.9. The topological polar surface area (TPSA) is 83.7 Å². The molecule has 0 unspecified atom stereocenters. The van der Waals surface area contributed by atoms with Gasteiger partial charge in [-0.1, -0.05) is 15.9 Å². The number of amides is 2. The van der Waals surface area contributed by atoms with E-state index in [-0.39, 0.29) is 6.03 Å². The summed E-state index contributed by atoms with van der Waals surface area (Å²) in [5.41, 5.74) is 4.03. The second-order valence-corrected chi connectivity index (χ2v) is 8.88. The molecule has 0 saturated carbocycles. The van der Waals surface area contributed by atoms with E-state index in [9.17, 15) is 9.90 Å². The number of furan rings is 1. The zero-order valence-electron chi connectivity index (χ0n) is 15.1. The molecule has 4 rings (SSSR count). The average molecular weight is 453 g/mol. The van der Waals surface area contributed by atoms with Crippen LogP contribution in [0.15, 0.2) is 26.3 Å². The summed E-state index contributed by atoms with van der Waals surface area (Å²) in [6.07, 6.45) is 5.36. The van der Waals surface area contributed by atoms with Crippen molar-refractivity contribution in [3.8, 4) is 5.75 Å². The van der Waals surface area contributed by atoms with Gasteiger partial charge in [0, 0.05) is 34.0 Å². The van der Waals surface area contributed by atoms with Gasteiger partial charge in [0.25, 0.3) is 0 Å². The molecule has 8 heteroatoms. The van der Waals surface area contributed by atoms with Crippen LogP contribution in [0.3, 0.4) is 0 Å². The fraction of sp³-hybridized carbons (Fsp3) is 0.421. The summed E-state index contributed by atoms with van der Waals surface area (Å²) in [6.45, 7) is 4.00. The smallest absolute Gasteiger partial charge is 0.329 e. The van der Waals surface area contributed by atoms with Crippen LogP contribution < -0.4 is 14.8 Å². The minimum Gasteiger partial charge on any atom is -0.491 e. The van der Waals surface area contributed by atoms with Crippen LogP contribution in [0, 0.1) is 0 Å². The van der Waals surface area contributed by atoms with Crippen molar-refractivity contribution < 1.29 is 19.1 Å². The van der Waals surface area contributed by atoms with Crippen LogP contribution >= 0.6 is 27.9 Å². The van der Waals surface area contributed by atoms with Gasteiger partial charge in [-0.3, -0.25) is 4.72 Å². The Morgan fingerprint density at radius 2 is 2.04 bits per heavy atom. The fourth-order valence-corrected chi connectivity index (χ4v) is 4.87. The summed E-state index contributed by atoms with van der Waals surface area (Å²) in [7, 11) is 0. The highest BCUT2D eigenvalue weighted by Gasteiger charge is 2.30. The van der Waals surface area contributed by atoms with E-state index in [1.807, 2.05) is 0 Å². The quantitative estimate of drug-likeness (QED) is 0.593. The standard InChI is InChI=1S/C19H21BrN2O4S/c1-19(2,24)10-8-14(26-9-10)27-22-18(23)21-16-12-5-3-4-11(12)15(20)13-6-7-25-17(13)16/h8-9,24H,3-7H2,1-2H3,(H2,21,22,23). The number of fused-ring (bicyclic) bond motifs is 2. The van der Waals surface area contributed by atoms with E-state index in [1.165, 1.54) is 11.8 Å². The molecule has 0 radical (unpaired) electrons. The number of urea groups is 1. The third-order valence-electron chi connectivity index (χ3n) is 4.91. The summed E-state index contributed by atoms with van der Waals surface area (Å²) >= 11 is 4.78. The molecule has 144 valence electrons. The molecular formula is C19H21BrN2O4S. The van der Waals surface area contributed by atoms with E-state index < -0.39 is 5.60 Å². The number of rotatable bonds is 4. The lowest BCUT2D eigenvalue weighted by molar-refractivity contribution is 0.0779. The van der Waals surface area contributed by atoms with Crippen LogP contribution in [0.5, 0.6) is 5.75 Å². The third-order valence-corrected chi connectivity index (χ3v) is 6.57. The van der Waals surface area contributed by atoms with E-state index in [0.717, 1.165) is 64.7 Å². The first kappa shape index (κ1) is 18.7. The Hall–Kier alpha value is -1.64. The third kappa shape index (κ3) is 3.58. The van der Waals surface area contributed by atoms with Crippen LogP contribution in [-0.2, 0) is 24.9 Å². The number of anilines is 1. The molecule has 0 spiro atoms. The molecule has 1 aliphatic carbocycles. The van der Waals surface area contributed by atoms with Gasteiger partial charge in [0.05, 0.1) is 24.2 Å². The molecule has 2 heterocycles. The van der Waals surface area contributed by atoms with Crippen LogP contribution in [0.1, 0.15) is 42.5 Å². The first-order valence-electron chi connectivity index (χ1n) is 8.88. The van der Waals surface area contributed by atoms with Gasteiger partial charge in [-0.25, -0.2) is 4.79 Å². The molecule has 0 saturated heterocycles. The summed E-state index contributed by atoms with van der Waals surface area (Å²) in [4.78, 5) is 12.5. The van der Waals surface area contributed by atoms with Crippen LogP contribution in [0.25, 0.3) is 0 Å². The Kier molecular flexibility index (Phi) is 4.90. The molecule has 1 aromatic heterocycles. The molecule has 3 N–H and O–H groups in total. The SMILES string of the molecule is CC(C)(O)c1coc(SNC(=O)Nc2c3c(c(Br)c4c2OCC4)CCC3)c1. The van der Waals surface area contributed by atoms with Gasteiger partial charge in [-0.05, 0) is 50.3 Å². The monoisotopic (exact) mass is 452 g/mol. The number of benzene rings is 1. The highest BCUT2D eigenvalue weighted by molar-refractivity contribution is 9.10. The number of ether oxygens (including phenoxy) is 1. The predicted octanol–water partition coefficient (Wildman–Crippen LogP) is 4.52. The number of halogens is 1. The lowest BCUT2D eigenvalue weighted by Crippen LogP contribution is -2.23. The Morgan fingerprint density at radius 3 is 2.78 bits per heavy atom. The largest absolute Gasteiger partial charge is 0.491 e. The average Bonchev–Trinajstić information content (AvgIpc) is 3.36. The van der Waals surface area contributed by atoms with Crippen molar-refractivity contribution in [1.82, 2.24) is 4.72 Å². The lowest BCUT2D eigenvalue weighted by Gasteiger charge is -2.17. The minimum absolute atomic E-state index is 0.338. The van der Waals surface area contributed by atoms with Crippen molar-refractivity contribution in [2.45, 2.75) is 50.2 Å². The van der Waals surface area contributed by atoms with Crippen LogP contribution in [0.2, 0.25) is 0 Å². The van der Waals surface area contributed by atoms with Crippen LogP contribution in [0.4, 0.5) is 10.5 Å². The van der Waals surface area contributed by atoms with Crippen molar-refractivity contribution in [3.05, 3.63) is 39.1 Å². The Bertz CT molecular complexity index is 869. The maximum absolute atomic E-state index is 12.5. The first-order valence-corrected chi connectivity index (χ1v) is 10.5. The molecule has 2 aliphatic rings. The van der Waals surface area contributed by atoms with Gasteiger partial charge in [-0.2, -0.15) is 0 Å². The Morgan fingerprint density at radius 1 is 1.26 bits per heavy atom. The highest BCUT2D eigenvalue weighted by Crippen LogP contribution is 2.47. The van der Waals surface area contributed by atoms with Gasteiger partial charge in [0.2, 0.25) is 0 Å². The number of carbonyl (C=O) groups is 1. The Labute approximate surface area is 170 Å². The van der Waals surface area contributed by atoms with E-state index >= 15 is 0 Å². The molecule has 0 fully saturated rings. The molecular weight excluding hydrogens is 432 g/mol. The lowest BCUT2D eigenvalue weighted by atomic mass is 10.0. The normalized spacial score (nSPS) is 15.3. The summed E-state index contributed by atoms with van der Waals surface area (Å²) in [5, 5.41) is 13.5. The maximum Gasteiger partial charge on any atom is 0.329 e. The number of aliphatic hydroxyl groups is 1. The summed E-state index contributed by atoms with van der Waals surface area (Å²) in [6, 6.07) is 1.37. The van der Waals surface area contributed by atoms with E-state index in [0.29, 0.717) is 17.3 Å². The van der Waals surface area contributed by atoms with Gasteiger partial charge < -0.3 is 19.6 Å². The molecule has 27 heavy (non-hydrogen) atoms. The molecule has 6 nitrogen and oxygen atoms in total. The maximum atomic E-state index is 12.5. The van der Waals surface area contributed by atoms with Crippen molar-refractivity contribution >= 4 is 39.6 Å². The second kappa shape index (κ2) is 7.07. The number of carbonyl (C=O) groups excluding carboxylic acids is 1. The fourth-order valence-electron chi connectivity index (χ4n) is 3.53. The Balaban J connectivity index is 1.49. The summed E-state index contributed by atoms with van der Waals surface area (Å²) in [5.74, 6) is 0.782. The van der Waals surface area contributed by atoms with Gasteiger partial charge in [0.15, 0.2) is 5.09 Å². The van der Waals surface area contributed by atoms with E-state index in [1.54, 1.807) is 19.9 Å². The first-order chi connectivity index (χ1) is 12.8. The summed E-state index contributed by atoms with van der Waals surface area (Å²) < 4.78 is 15.1. The molecule has 1 aliphatic heterocycles. The van der Waals surface area contributed by atoms with Crippen molar-refractivity contribution in [2.24, 2.45) is 0 Å². The van der Waals surface area contributed by atoms with Gasteiger partial charge >= 0.3 is 6.03 Å². The minimum atomic E-state index is -0.986. The van der Waals surface area contributed by atoms with Crippen molar-refractivity contribution in [2.75, 3.05) is 11.9 Å². The number of hydrogen-bond donors (Lipinski definition) is 3. The van der Waals surface area contributed by atoms with E-state index in [4.69, 9.17) is 9.15 Å². The molecule has 0 atom stereocenters. The predicted molar refractivity (Wildman–Crippen MR) is 107 cm³/mol. The zero-order valence-corrected chi connectivity index (χ0v) is 17.6. The van der Waals surface area contributed by atoms with Gasteiger partial charge in [0.1, 0.15) is 5.75 Å². The molecule has 2 amide bonds. The number of nitrogens with one attached hydrogen (secondary N) is 2. The number of hydrogen-bond acceptors (Lipinski definition) is 5. The molecule has 2 aromatic rings. The van der Waals surface area contributed by atoms with Gasteiger partial charge in [-0.15, -0.1) is 0 Å². The zero-order chi connectivity index (χ0) is 19.2.